The van der Waals surface area contributed by atoms with Crippen molar-refractivity contribution in [1.82, 2.24) is 10.6 Å². The van der Waals surface area contributed by atoms with Crippen LogP contribution in [0.3, 0.4) is 0 Å². The van der Waals surface area contributed by atoms with Gasteiger partial charge in [-0.25, -0.2) is 4.79 Å². The summed E-state index contributed by atoms with van der Waals surface area (Å²) in [5, 5.41) is 7.86. The van der Waals surface area contributed by atoms with Gasteiger partial charge in [-0.05, 0) is 44.2 Å². The second-order valence-electron chi connectivity index (χ2n) is 5.27. The first-order valence-corrected chi connectivity index (χ1v) is 7.45. The Hall–Kier alpha value is -3.20. The van der Waals surface area contributed by atoms with E-state index in [0.29, 0.717) is 17.0 Å². The second-order valence-corrected chi connectivity index (χ2v) is 5.27. The van der Waals surface area contributed by atoms with Crippen LogP contribution in [0.4, 0.5) is 10.5 Å². The molecule has 0 radical (unpaired) electrons. The SMILES string of the molecule is C#Cc1cccc(NC(=O)CNC(=O)N[C@H](C)c2ccc(C)o2)c1. The number of anilines is 1. The first-order chi connectivity index (χ1) is 11.5. The third-order valence-electron chi connectivity index (χ3n) is 3.26. The number of hydrogen-bond acceptors (Lipinski definition) is 3. The monoisotopic (exact) mass is 325 g/mol. The summed E-state index contributed by atoms with van der Waals surface area (Å²) in [4.78, 5) is 23.7. The summed E-state index contributed by atoms with van der Waals surface area (Å²) in [6.07, 6.45) is 5.31. The number of terminal acetylenes is 1. The largest absolute Gasteiger partial charge is 0.464 e. The van der Waals surface area contributed by atoms with Crippen molar-refractivity contribution in [2.75, 3.05) is 11.9 Å². The second kappa shape index (κ2) is 7.88. The Labute approximate surface area is 140 Å². The molecule has 0 aliphatic heterocycles. The summed E-state index contributed by atoms with van der Waals surface area (Å²) < 4.78 is 5.43. The fourth-order valence-corrected chi connectivity index (χ4v) is 2.06. The molecular formula is C18H19N3O3. The maximum absolute atomic E-state index is 11.9. The number of carbonyl (C=O) groups excluding carboxylic acids is 2. The van der Waals surface area contributed by atoms with E-state index in [2.05, 4.69) is 21.9 Å². The van der Waals surface area contributed by atoms with Gasteiger partial charge in [0.2, 0.25) is 5.91 Å². The average molecular weight is 325 g/mol. The molecule has 0 aliphatic rings. The van der Waals surface area contributed by atoms with E-state index in [4.69, 9.17) is 10.8 Å². The molecule has 0 unspecified atom stereocenters. The summed E-state index contributed by atoms with van der Waals surface area (Å²) in [5.41, 5.74) is 1.25. The number of carbonyl (C=O) groups is 2. The van der Waals surface area contributed by atoms with Gasteiger partial charge < -0.3 is 20.4 Å². The Balaban J connectivity index is 1.78. The van der Waals surface area contributed by atoms with E-state index in [0.717, 1.165) is 5.76 Å². The van der Waals surface area contributed by atoms with Crippen LogP contribution in [0, 0.1) is 19.3 Å². The van der Waals surface area contributed by atoms with Crippen LogP contribution in [0.1, 0.15) is 30.0 Å². The normalized spacial score (nSPS) is 11.2. The fraction of sp³-hybridized carbons (Fsp3) is 0.222. The molecule has 6 heteroatoms. The molecule has 3 amide bonds. The van der Waals surface area contributed by atoms with Gasteiger partial charge in [-0.2, -0.15) is 0 Å². The quantitative estimate of drug-likeness (QED) is 0.739. The number of aryl methyl sites for hydroxylation is 1. The molecule has 1 aromatic carbocycles. The summed E-state index contributed by atoms with van der Waals surface area (Å²) in [5.74, 6) is 3.57. The molecule has 1 atom stereocenters. The minimum atomic E-state index is -0.455. The lowest BCUT2D eigenvalue weighted by atomic mass is 10.2. The van der Waals surface area contributed by atoms with E-state index in [1.165, 1.54) is 0 Å². The number of amides is 3. The van der Waals surface area contributed by atoms with Crippen LogP contribution in [0.15, 0.2) is 40.8 Å². The average Bonchev–Trinajstić information content (AvgIpc) is 3.00. The summed E-state index contributed by atoms with van der Waals surface area (Å²) >= 11 is 0. The lowest BCUT2D eigenvalue weighted by molar-refractivity contribution is -0.115. The highest BCUT2D eigenvalue weighted by Crippen LogP contribution is 2.15. The van der Waals surface area contributed by atoms with E-state index < -0.39 is 6.03 Å². The van der Waals surface area contributed by atoms with Gasteiger partial charge in [0.25, 0.3) is 0 Å². The minimum Gasteiger partial charge on any atom is -0.464 e. The molecule has 3 N–H and O–H groups in total. The molecule has 6 nitrogen and oxygen atoms in total. The maximum Gasteiger partial charge on any atom is 0.315 e. The number of nitrogens with one attached hydrogen (secondary N) is 3. The zero-order valence-corrected chi connectivity index (χ0v) is 13.6. The lowest BCUT2D eigenvalue weighted by Gasteiger charge is -2.12. The number of urea groups is 1. The van der Waals surface area contributed by atoms with Crippen LogP contribution in [-0.2, 0) is 4.79 Å². The molecule has 0 bridgehead atoms. The van der Waals surface area contributed by atoms with Gasteiger partial charge in [0.05, 0.1) is 12.6 Å². The molecule has 0 saturated heterocycles. The minimum absolute atomic E-state index is 0.157. The van der Waals surface area contributed by atoms with Crippen LogP contribution in [-0.4, -0.2) is 18.5 Å². The zero-order valence-electron chi connectivity index (χ0n) is 13.6. The van der Waals surface area contributed by atoms with Crippen molar-refractivity contribution in [3.05, 3.63) is 53.5 Å². The third kappa shape index (κ3) is 4.92. The predicted molar refractivity (Wildman–Crippen MR) is 91.4 cm³/mol. The van der Waals surface area contributed by atoms with Crippen molar-refractivity contribution in [3.63, 3.8) is 0 Å². The zero-order chi connectivity index (χ0) is 17.5. The van der Waals surface area contributed by atoms with Gasteiger partial charge in [-0.15, -0.1) is 6.42 Å². The Kier molecular flexibility index (Phi) is 5.63. The third-order valence-corrected chi connectivity index (χ3v) is 3.26. The van der Waals surface area contributed by atoms with Gasteiger partial charge in [-0.1, -0.05) is 12.0 Å². The van der Waals surface area contributed by atoms with Crippen molar-refractivity contribution in [2.45, 2.75) is 19.9 Å². The van der Waals surface area contributed by atoms with Gasteiger partial charge in [0.1, 0.15) is 11.5 Å². The van der Waals surface area contributed by atoms with Gasteiger partial charge >= 0.3 is 6.03 Å². The van der Waals surface area contributed by atoms with Crippen LogP contribution >= 0.6 is 0 Å². The smallest absolute Gasteiger partial charge is 0.315 e. The molecule has 0 fully saturated rings. The van der Waals surface area contributed by atoms with E-state index >= 15 is 0 Å². The standard InChI is InChI=1S/C18H19N3O3/c1-4-14-6-5-7-15(10-14)21-17(22)11-19-18(23)20-13(3)16-9-8-12(2)24-16/h1,5-10,13H,11H2,2-3H3,(H,21,22)(H2,19,20,23)/t13-/m1/s1. The summed E-state index contributed by atoms with van der Waals surface area (Å²) in [6.45, 7) is 3.47. The van der Waals surface area contributed by atoms with E-state index in [1.54, 1.807) is 37.3 Å². The van der Waals surface area contributed by atoms with Crippen molar-refractivity contribution in [3.8, 4) is 12.3 Å². The van der Waals surface area contributed by atoms with E-state index in [1.807, 2.05) is 13.0 Å². The Morgan fingerprint density at radius 2 is 2.08 bits per heavy atom. The Bertz CT molecular complexity index is 774. The first-order valence-electron chi connectivity index (χ1n) is 7.45. The first kappa shape index (κ1) is 17.2. The molecule has 0 aliphatic carbocycles. The number of hydrogen-bond donors (Lipinski definition) is 3. The predicted octanol–water partition coefficient (Wildman–Crippen LogP) is 2.57. The van der Waals surface area contributed by atoms with Crippen molar-refractivity contribution in [1.29, 1.82) is 0 Å². The van der Waals surface area contributed by atoms with Crippen LogP contribution in [0.2, 0.25) is 0 Å². The summed E-state index contributed by atoms with van der Waals surface area (Å²) in [7, 11) is 0. The molecule has 124 valence electrons. The molecule has 0 spiro atoms. The van der Waals surface area contributed by atoms with Gasteiger partial charge in [0.15, 0.2) is 0 Å². The highest BCUT2D eigenvalue weighted by molar-refractivity contribution is 5.94. The Morgan fingerprint density at radius 1 is 1.29 bits per heavy atom. The molecule has 1 heterocycles. The van der Waals surface area contributed by atoms with Crippen LogP contribution in [0.25, 0.3) is 0 Å². The molecule has 1 aromatic heterocycles. The number of furan rings is 1. The molecule has 2 rings (SSSR count). The number of rotatable bonds is 5. The molecule has 2 aromatic rings. The highest BCUT2D eigenvalue weighted by atomic mass is 16.3. The van der Waals surface area contributed by atoms with Crippen LogP contribution in [0.5, 0.6) is 0 Å². The van der Waals surface area contributed by atoms with Gasteiger partial charge in [-0.3, -0.25) is 4.79 Å². The molecular weight excluding hydrogens is 306 g/mol. The maximum atomic E-state index is 11.9. The molecule has 24 heavy (non-hydrogen) atoms. The van der Waals surface area contributed by atoms with E-state index in [9.17, 15) is 9.59 Å². The number of benzene rings is 1. The van der Waals surface area contributed by atoms with Gasteiger partial charge in [0, 0.05) is 11.3 Å². The highest BCUT2D eigenvalue weighted by Gasteiger charge is 2.13. The van der Waals surface area contributed by atoms with Crippen molar-refractivity contribution >= 4 is 17.6 Å². The fourth-order valence-electron chi connectivity index (χ4n) is 2.06. The van der Waals surface area contributed by atoms with Crippen LogP contribution < -0.4 is 16.0 Å². The van der Waals surface area contributed by atoms with Crippen molar-refractivity contribution in [2.24, 2.45) is 0 Å². The Morgan fingerprint density at radius 3 is 2.75 bits per heavy atom. The topological polar surface area (TPSA) is 83.4 Å². The van der Waals surface area contributed by atoms with Crippen molar-refractivity contribution < 1.29 is 14.0 Å². The molecule has 0 saturated carbocycles. The summed E-state index contributed by atoms with van der Waals surface area (Å²) in [6, 6.07) is 9.78. The van der Waals surface area contributed by atoms with E-state index in [-0.39, 0.29) is 18.5 Å². The lowest BCUT2D eigenvalue weighted by Crippen LogP contribution is -2.40.